The largest absolute Gasteiger partial charge is 0.493 e. The number of nitrogen functional groups attached to an aromatic ring is 1. The van der Waals surface area contributed by atoms with Gasteiger partial charge >= 0.3 is 6.18 Å². The number of nitro groups is 1. The highest BCUT2D eigenvalue weighted by atomic mass is 19.4. The number of nitro benzene ring substituents is 1. The maximum absolute atomic E-state index is 11.9. The molecule has 19 heavy (non-hydrogen) atoms. The Morgan fingerprint density at radius 1 is 1.37 bits per heavy atom. The molecule has 6 nitrogen and oxygen atoms in total. The van der Waals surface area contributed by atoms with Gasteiger partial charge in [-0.1, -0.05) is 0 Å². The van der Waals surface area contributed by atoms with Crippen molar-refractivity contribution in [1.29, 1.82) is 0 Å². The van der Waals surface area contributed by atoms with Crippen molar-refractivity contribution in [3.63, 3.8) is 0 Å². The van der Waals surface area contributed by atoms with E-state index in [9.17, 15) is 23.3 Å². The zero-order chi connectivity index (χ0) is 14.5. The summed E-state index contributed by atoms with van der Waals surface area (Å²) in [4.78, 5) is 9.97. The third-order valence-corrected chi connectivity index (χ3v) is 2.14. The first-order valence-corrected chi connectivity index (χ1v) is 5.27. The number of anilines is 1. The summed E-state index contributed by atoms with van der Waals surface area (Å²) in [6.45, 7) is -0.190. The maximum Gasteiger partial charge on any atom is 0.389 e. The zero-order valence-corrected chi connectivity index (χ0v) is 9.74. The number of halogens is 3. The Hall–Kier alpha value is -2.03. The molecular formula is C10H12F3N3O3. The van der Waals surface area contributed by atoms with Crippen molar-refractivity contribution in [3.8, 4) is 5.75 Å². The Morgan fingerprint density at radius 3 is 2.58 bits per heavy atom. The number of rotatable bonds is 6. The molecule has 0 aliphatic carbocycles. The Balaban J connectivity index is 2.62. The number of hydrogen-bond donors (Lipinski definition) is 2. The molecule has 1 rings (SSSR count). The molecule has 0 bridgehead atoms. The van der Waals surface area contributed by atoms with Gasteiger partial charge in [-0.25, -0.2) is 0 Å². The van der Waals surface area contributed by atoms with E-state index >= 15 is 0 Å². The van der Waals surface area contributed by atoms with Gasteiger partial charge in [-0.3, -0.25) is 16.0 Å². The molecule has 0 aliphatic heterocycles. The van der Waals surface area contributed by atoms with E-state index in [2.05, 4.69) is 5.43 Å². The summed E-state index contributed by atoms with van der Waals surface area (Å²) < 4.78 is 40.7. The first kappa shape index (κ1) is 15.0. The van der Waals surface area contributed by atoms with Gasteiger partial charge in [0.1, 0.15) is 5.75 Å². The third kappa shape index (κ3) is 5.42. The lowest BCUT2D eigenvalue weighted by Crippen LogP contribution is -2.10. The molecule has 0 spiro atoms. The van der Waals surface area contributed by atoms with Crippen LogP contribution >= 0.6 is 0 Å². The Kier molecular flexibility index (Phi) is 4.93. The molecule has 0 saturated heterocycles. The number of nitrogens with one attached hydrogen (secondary N) is 1. The third-order valence-electron chi connectivity index (χ3n) is 2.14. The minimum absolute atomic E-state index is 0.0873. The highest BCUT2D eigenvalue weighted by molar-refractivity contribution is 5.55. The normalized spacial score (nSPS) is 11.2. The molecule has 0 amide bonds. The molecule has 0 saturated carbocycles. The Bertz CT molecular complexity index is 451. The van der Waals surface area contributed by atoms with Gasteiger partial charge < -0.3 is 10.2 Å². The molecular weight excluding hydrogens is 267 g/mol. The van der Waals surface area contributed by atoms with Crippen LogP contribution in [0.2, 0.25) is 0 Å². The van der Waals surface area contributed by atoms with Crippen LogP contribution in [0.15, 0.2) is 18.2 Å². The highest BCUT2D eigenvalue weighted by Gasteiger charge is 2.26. The van der Waals surface area contributed by atoms with Crippen molar-refractivity contribution in [2.45, 2.75) is 19.0 Å². The number of ether oxygens (including phenoxy) is 1. The molecule has 0 aromatic heterocycles. The summed E-state index contributed by atoms with van der Waals surface area (Å²) in [6.07, 6.45) is -5.43. The van der Waals surface area contributed by atoms with Crippen LogP contribution in [0, 0.1) is 10.1 Å². The molecule has 1 aromatic rings. The summed E-state index contributed by atoms with van der Waals surface area (Å²) in [5, 5.41) is 10.6. The van der Waals surface area contributed by atoms with Crippen molar-refractivity contribution >= 4 is 11.4 Å². The van der Waals surface area contributed by atoms with E-state index < -0.39 is 17.5 Å². The first-order chi connectivity index (χ1) is 8.81. The lowest BCUT2D eigenvalue weighted by Gasteiger charge is -2.09. The van der Waals surface area contributed by atoms with Crippen molar-refractivity contribution < 1.29 is 22.8 Å². The predicted molar refractivity (Wildman–Crippen MR) is 61.7 cm³/mol. The fourth-order valence-corrected chi connectivity index (χ4v) is 1.32. The first-order valence-electron chi connectivity index (χ1n) is 5.27. The van der Waals surface area contributed by atoms with E-state index in [1.807, 2.05) is 0 Å². The van der Waals surface area contributed by atoms with Gasteiger partial charge in [0.25, 0.3) is 5.69 Å². The Labute approximate surface area is 106 Å². The summed E-state index contributed by atoms with van der Waals surface area (Å²) in [5.74, 6) is 5.21. The lowest BCUT2D eigenvalue weighted by molar-refractivity contribution is -0.384. The molecule has 1 aromatic carbocycles. The number of non-ortho nitro benzene ring substituents is 1. The van der Waals surface area contributed by atoms with Gasteiger partial charge in [-0.15, -0.1) is 0 Å². The van der Waals surface area contributed by atoms with Gasteiger partial charge in [-0.05, 0) is 6.42 Å². The predicted octanol–water partition coefficient (Wildman–Crippen LogP) is 2.60. The molecule has 0 radical (unpaired) electrons. The van der Waals surface area contributed by atoms with Crippen LogP contribution in [0.25, 0.3) is 0 Å². The Morgan fingerprint density at radius 2 is 2.05 bits per heavy atom. The van der Waals surface area contributed by atoms with Gasteiger partial charge in [0.2, 0.25) is 0 Å². The molecule has 9 heteroatoms. The van der Waals surface area contributed by atoms with Crippen molar-refractivity contribution in [2.24, 2.45) is 5.84 Å². The second-order valence-electron chi connectivity index (χ2n) is 3.68. The van der Waals surface area contributed by atoms with Crippen LogP contribution in [0.3, 0.4) is 0 Å². The standard InChI is InChI=1S/C10H12F3N3O3/c11-10(12,13)2-1-3-19-9-5-7(15-14)4-8(6-9)16(17)18/h4-6,15H,1-3,14H2. The van der Waals surface area contributed by atoms with Crippen LogP contribution in [-0.2, 0) is 0 Å². The lowest BCUT2D eigenvalue weighted by atomic mass is 10.2. The fourth-order valence-electron chi connectivity index (χ4n) is 1.32. The fraction of sp³-hybridized carbons (Fsp3) is 0.400. The van der Waals surface area contributed by atoms with E-state index in [0.717, 1.165) is 6.07 Å². The molecule has 0 atom stereocenters. The quantitative estimate of drug-likeness (QED) is 0.361. The second kappa shape index (κ2) is 6.23. The summed E-state index contributed by atoms with van der Waals surface area (Å²) in [5.41, 5.74) is 2.19. The molecule has 0 heterocycles. The van der Waals surface area contributed by atoms with Crippen LogP contribution in [-0.4, -0.2) is 17.7 Å². The van der Waals surface area contributed by atoms with E-state index in [1.165, 1.54) is 12.1 Å². The number of hydrazine groups is 1. The monoisotopic (exact) mass is 279 g/mol. The summed E-state index contributed by atoms with van der Waals surface area (Å²) in [7, 11) is 0. The molecule has 106 valence electrons. The summed E-state index contributed by atoms with van der Waals surface area (Å²) in [6, 6.07) is 3.66. The van der Waals surface area contributed by atoms with Crippen molar-refractivity contribution in [3.05, 3.63) is 28.3 Å². The van der Waals surface area contributed by atoms with E-state index in [4.69, 9.17) is 10.6 Å². The van der Waals surface area contributed by atoms with Crippen molar-refractivity contribution in [1.82, 2.24) is 0 Å². The SMILES string of the molecule is NNc1cc(OCCCC(F)(F)F)cc([N+](=O)[O-])c1. The van der Waals surface area contributed by atoms with Crippen LogP contribution in [0.5, 0.6) is 5.75 Å². The molecule has 0 unspecified atom stereocenters. The van der Waals surface area contributed by atoms with Gasteiger partial charge in [0, 0.05) is 18.6 Å². The van der Waals surface area contributed by atoms with Gasteiger partial charge in [-0.2, -0.15) is 13.2 Å². The zero-order valence-electron chi connectivity index (χ0n) is 9.74. The smallest absolute Gasteiger partial charge is 0.389 e. The minimum atomic E-state index is -4.24. The average Bonchev–Trinajstić information content (AvgIpc) is 2.33. The topological polar surface area (TPSA) is 90.4 Å². The van der Waals surface area contributed by atoms with Gasteiger partial charge in [0.05, 0.1) is 23.3 Å². The van der Waals surface area contributed by atoms with Gasteiger partial charge in [0.15, 0.2) is 0 Å². The number of hydrogen-bond acceptors (Lipinski definition) is 5. The van der Waals surface area contributed by atoms with E-state index in [0.29, 0.717) is 0 Å². The number of nitrogens with zero attached hydrogens (tertiary/aromatic N) is 1. The highest BCUT2D eigenvalue weighted by Crippen LogP contribution is 2.26. The summed E-state index contributed by atoms with van der Waals surface area (Å²) >= 11 is 0. The minimum Gasteiger partial charge on any atom is -0.493 e. The molecule has 0 aliphatic rings. The average molecular weight is 279 g/mol. The van der Waals surface area contributed by atoms with Crippen LogP contribution in [0.1, 0.15) is 12.8 Å². The molecule has 0 fully saturated rings. The van der Waals surface area contributed by atoms with E-state index in [1.54, 1.807) is 0 Å². The second-order valence-corrected chi connectivity index (χ2v) is 3.68. The number of nitrogens with two attached hydrogens (primary N) is 1. The number of benzene rings is 1. The van der Waals surface area contributed by atoms with Crippen LogP contribution in [0.4, 0.5) is 24.5 Å². The van der Waals surface area contributed by atoms with Crippen molar-refractivity contribution in [2.75, 3.05) is 12.0 Å². The van der Waals surface area contributed by atoms with E-state index in [-0.39, 0.29) is 30.2 Å². The van der Waals surface area contributed by atoms with Crippen LogP contribution < -0.4 is 16.0 Å². The molecule has 3 N–H and O–H groups in total. The number of alkyl halides is 3. The maximum atomic E-state index is 11.9.